The Balaban J connectivity index is 1.71. The Labute approximate surface area is 153 Å². The van der Waals surface area contributed by atoms with Crippen molar-refractivity contribution in [3.05, 3.63) is 82.6 Å². The number of hydrogen-bond acceptors (Lipinski definition) is 4. The molecule has 0 spiro atoms. The Morgan fingerprint density at radius 2 is 1.88 bits per heavy atom. The maximum Gasteiger partial charge on any atom is 0.274 e. The Morgan fingerprint density at radius 1 is 1.04 bits per heavy atom. The highest BCUT2D eigenvalue weighted by atomic mass is 79.9. The third kappa shape index (κ3) is 4.22. The Morgan fingerprint density at radius 3 is 2.60 bits per heavy atom. The van der Waals surface area contributed by atoms with Gasteiger partial charge < -0.3 is 10.6 Å². The van der Waals surface area contributed by atoms with Crippen LogP contribution in [0.15, 0.2) is 71.3 Å². The predicted octanol–water partition coefficient (Wildman–Crippen LogP) is 4.71. The minimum absolute atomic E-state index is 0.290. The van der Waals surface area contributed by atoms with Crippen LogP contribution in [0, 0.1) is 11.3 Å². The maximum atomic E-state index is 12.2. The number of nitrogens with one attached hydrogen (secondary N) is 2. The van der Waals surface area contributed by atoms with Gasteiger partial charge in [0.25, 0.3) is 5.91 Å². The number of benzene rings is 2. The van der Waals surface area contributed by atoms with Gasteiger partial charge in [-0.1, -0.05) is 34.1 Å². The molecule has 122 valence electrons. The highest BCUT2D eigenvalue weighted by Gasteiger charge is 2.08. The van der Waals surface area contributed by atoms with Gasteiger partial charge in [0.05, 0.1) is 23.1 Å². The van der Waals surface area contributed by atoms with Crippen LogP contribution in [0.25, 0.3) is 0 Å². The van der Waals surface area contributed by atoms with Crippen molar-refractivity contribution in [3.8, 4) is 6.07 Å². The van der Waals surface area contributed by atoms with Crippen LogP contribution in [0.5, 0.6) is 0 Å². The number of nitriles is 1. The van der Waals surface area contributed by atoms with Crippen molar-refractivity contribution in [2.45, 2.75) is 0 Å². The summed E-state index contributed by atoms with van der Waals surface area (Å²) in [6, 6.07) is 20.0. The van der Waals surface area contributed by atoms with Gasteiger partial charge in [0.1, 0.15) is 11.8 Å². The lowest BCUT2D eigenvalue weighted by molar-refractivity contribution is 0.102. The lowest BCUT2D eigenvalue weighted by Crippen LogP contribution is -2.13. The van der Waals surface area contributed by atoms with Crippen LogP contribution >= 0.6 is 15.9 Å². The number of amides is 1. The van der Waals surface area contributed by atoms with Crippen molar-refractivity contribution in [1.82, 2.24) is 4.98 Å². The highest BCUT2D eigenvalue weighted by molar-refractivity contribution is 9.10. The SMILES string of the molecule is N#Cc1ccccc1Nc1ccc(C(=O)Nc2cccc(Br)c2)nc1. The number of nitrogens with zero attached hydrogens (tertiary/aromatic N) is 2. The number of carbonyl (C=O) groups is 1. The fourth-order valence-corrected chi connectivity index (χ4v) is 2.61. The molecule has 2 aromatic carbocycles. The van der Waals surface area contributed by atoms with E-state index in [1.165, 1.54) is 0 Å². The fraction of sp³-hybridized carbons (Fsp3) is 0. The second kappa shape index (κ2) is 7.60. The van der Waals surface area contributed by atoms with E-state index < -0.39 is 0 Å². The van der Waals surface area contributed by atoms with Crippen molar-refractivity contribution in [2.75, 3.05) is 10.6 Å². The van der Waals surface area contributed by atoms with E-state index in [9.17, 15) is 4.79 Å². The molecule has 0 fully saturated rings. The van der Waals surface area contributed by atoms with Crippen LogP contribution in [0.2, 0.25) is 0 Å². The van der Waals surface area contributed by atoms with Gasteiger partial charge in [-0.3, -0.25) is 4.79 Å². The molecule has 0 bridgehead atoms. The zero-order chi connectivity index (χ0) is 17.6. The van der Waals surface area contributed by atoms with Gasteiger partial charge in [0.2, 0.25) is 0 Å². The molecular formula is C19H13BrN4O. The van der Waals surface area contributed by atoms with Crippen molar-refractivity contribution in [3.63, 3.8) is 0 Å². The summed E-state index contributed by atoms with van der Waals surface area (Å²) in [7, 11) is 0. The standard InChI is InChI=1S/C19H13BrN4O/c20-14-5-3-6-15(10-14)24-19(25)18-9-8-16(12-22-18)23-17-7-2-1-4-13(17)11-21/h1-10,12,23H,(H,24,25). The molecule has 0 saturated heterocycles. The Bertz CT molecular complexity index is 948. The largest absolute Gasteiger partial charge is 0.353 e. The number of carbonyl (C=O) groups excluding carboxylic acids is 1. The van der Waals surface area contributed by atoms with Gasteiger partial charge in [-0.15, -0.1) is 0 Å². The fourth-order valence-electron chi connectivity index (χ4n) is 2.21. The molecule has 0 radical (unpaired) electrons. The molecule has 0 aliphatic carbocycles. The molecule has 0 aliphatic heterocycles. The number of aromatic nitrogens is 1. The van der Waals surface area contributed by atoms with Gasteiger partial charge in [-0.25, -0.2) is 4.98 Å². The summed E-state index contributed by atoms with van der Waals surface area (Å²) in [4.78, 5) is 16.4. The topological polar surface area (TPSA) is 77.8 Å². The van der Waals surface area contributed by atoms with Crippen LogP contribution < -0.4 is 10.6 Å². The minimum Gasteiger partial charge on any atom is -0.353 e. The summed E-state index contributed by atoms with van der Waals surface area (Å²) in [5.74, 6) is -0.290. The molecule has 2 N–H and O–H groups in total. The summed E-state index contributed by atoms with van der Waals surface area (Å²) >= 11 is 3.36. The monoisotopic (exact) mass is 392 g/mol. The molecule has 1 amide bonds. The van der Waals surface area contributed by atoms with Gasteiger partial charge >= 0.3 is 0 Å². The number of para-hydroxylation sites is 1. The van der Waals surface area contributed by atoms with E-state index in [0.29, 0.717) is 28.3 Å². The van der Waals surface area contributed by atoms with Gasteiger partial charge in [0, 0.05) is 10.2 Å². The van der Waals surface area contributed by atoms with Crippen molar-refractivity contribution in [2.24, 2.45) is 0 Å². The molecule has 25 heavy (non-hydrogen) atoms. The molecule has 0 saturated carbocycles. The van der Waals surface area contributed by atoms with E-state index in [1.54, 1.807) is 36.5 Å². The average Bonchev–Trinajstić information content (AvgIpc) is 2.63. The lowest BCUT2D eigenvalue weighted by atomic mass is 10.2. The van der Waals surface area contributed by atoms with Crippen molar-refractivity contribution in [1.29, 1.82) is 5.26 Å². The molecule has 0 aliphatic rings. The number of anilines is 3. The third-order valence-corrected chi connectivity index (χ3v) is 3.90. The predicted molar refractivity (Wildman–Crippen MR) is 101 cm³/mol. The first kappa shape index (κ1) is 16.7. The van der Waals surface area contributed by atoms with Crippen molar-refractivity contribution < 1.29 is 4.79 Å². The van der Waals surface area contributed by atoms with E-state index in [2.05, 4.69) is 37.6 Å². The van der Waals surface area contributed by atoms with Crippen LogP contribution in [-0.2, 0) is 0 Å². The highest BCUT2D eigenvalue weighted by Crippen LogP contribution is 2.20. The minimum atomic E-state index is -0.290. The first-order chi connectivity index (χ1) is 12.2. The molecule has 3 rings (SSSR count). The summed E-state index contributed by atoms with van der Waals surface area (Å²) in [5.41, 5.74) is 2.92. The summed E-state index contributed by atoms with van der Waals surface area (Å²) in [6.07, 6.45) is 1.56. The van der Waals surface area contributed by atoms with E-state index in [4.69, 9.17) is 5.26 Å². The van der Waals surface area contributed by atoms with Crippen molar-refractivity contribution >= 4 is 38.9 Å². The molecule has 0 unspecified atom stereocenters. The average molecular weight is 393 g/mol. The van der Waals surface area contributed by atoms with E-state index in [1.807, 2.05) is 30.3 Å². The zero-order valence-corrected chi connectivity index (χ0v) is 14.6. The van der Waals surface area contributed by atoms with E-state index >= 15 is 0 Å². The summed E-state index contributed by atoms with van der Waals surface area (Å²) < 4.78 is 0.883. The first-order valence-corrected chi connectivity index (χ1v) is 8.24. The Hall–Kier alpha value is -3.17. The van der Waals surface area contributed by atoms with Gasteiger partial charge in [-0.05, 0) is 42.5 Å². The normalized spacial score (nSPS) is 9.92. The lowest BCUT2D eigenvalue weighted by Gasteiger charge is -2.09. The smallest absolute Gasteiger partial charge is 0.274 e. The Kier molecular flexibility index (Phi) is 5.07. The number of rotatable bonds is 4. The van der Waals surface area contributed by atoms with Crippen LogP contribution in [0.1, 0.15) is 16.1 Å². The maximum absolute atomic E-state index is 12.2. The first-order valence-electron chi connectivity index (χ1n) is 7.45. The molecule has 0 atom stereocenters. The van der Waals surface area contributed by atoms with Crippen LogP contribution in [0.4, 0.5) is 17.1 Å². The summed E-state index contributed by atoms with van der Waals surface area (Å²) in [6.45, 7) is 0. The molecule has 5 nitrogen and oxygen atoms in total. The quantitative estimate of drug-likeness (QED) is 0.673. The second-order valence-electron chi connectivity index (χ2n) is 5.18. The number of pyridine rings is 1. The molecule has 1 aromatic heterocycles. The molecule has 1 heterocycles. The summed E-state index contributed by atoms with van der Waals surface area (Å²) in [5, 5.41) is 15.0. The third-order valence-electron chi connectivity index (χ3n) is 3.41. The van der Waals surface area contributed by atoms with E-state index in [-0.39, 0.29) is 5.91 Å². The second-order valence-corrected chi connectivity index (χ2v) is 6.09. The van der Waals surface area contributed by atoms with Gasteiger partial charge in [-0.2, -0.15) is 5.26 Å². The zero-order valence-electron chi connectivity index (χ0n) is 13.0. The number of hydrogen-bond donors (Lipinski definition) is 2. The number of halogens is 1. The molecular weight excluding hydrogens is 380 g/mol. The molecule has 3 aromatic rings. The van der Waals surface area contributed by atoms with Gasteiger partial charge in [0.15, 0.2) is 0 Å². The van der Waals surface area contributed by atoms with E-state index in [0.717, 1.165) is 4.47 Å². The van der Waals surface area contributed by atoms with Crippen LogP contribution in [0.3, 0.4) is 0 Å². The molecule has 6 heteroatoms. The van der Waals surface area contributed by atoms with Crippen LogP contribution in [-0.4, -0.2) is 10.9 Å².